The second-order valence-electron chi connectivity index (χ2n) is 3.48. The lowest BCUT2D eigenvalue weighted by Crippen LogP contribution is -2.13. The highest BCUT2D eigenvalue weighted by Gasteiger charge is 2.06. The molecule has 2 aromatic rings. The van der Waals surface area contributed by atoms with Gasteiger partial charge in [-0.2, -0.15) is 0 Å². The van der Waals surface area contributed by atoms with Gasteiger partial charge in [-0.25, -0.2) is 9.67 Å². The van der Waals surface area contributed by atoms with E-state index in [1.54, 1.807) is 11.8 Å². The topological polar surface area (TPSA) is 83.0 Å². The van der Waals surface area contributed by atoms with Gasteiger partial charge in [0.15, 0.2) is 0 Å². The normalized spacial score (nSPS) is 10.2. The number of primary amides is 1. The minimum Gasteiger partial charge on any atom is -0.497 e. The van der Waals surface area contributed by atoms with Crippen molar-refractivity contribution >= 4 is 5.91 Å². The Kier molecular flexibility index (Phi) is 3.04. The van der Waals surface area contributed by atoms with Gasteiger partial charge in [0.25, 0.3) is 5.91 Å². The van der Waals surface area contributed by atoms with E-state index in [-0.39, 0.29) is 5.82 Å². The van der Waals surface area contributed by atoms with Gasteiger partial charge < -0.3 is 10.5 Å². The molecule has 88 valence electrons. The molecule has 1 amide bonds. The molecule has 0 fully saturated rings. The third kappa shape index (κ3) is 2.60. The van der Waals surface area contributed by atoms with E-state index in [4.69, 9.17) is 10.5 Å². The van der Waals surface area contributed by atoms with Gasteiger partial charge >= 0.3 is 0 Å². The lowest BCUT2D eigenvalue weighted by molar-refractivity contribution is 0.0990. The lowest BCUT2D eigenvalue weighted by Gasteiger charge is -2.03. The molecule has 0 spiro atoms. The van der Waals surface area contributed by atoms with E-state index in [1.807, 2.05) is 24.3 Å². The van der Waals surface area contributed by atoms with Gasteiger partial charge in [-0.1, -0.05) is 12.1 Å². The van der Waals surface area contributed by atoms with Crippen molar-refractivity contribution in [2.45, 2.75) is 6.54 Å². The van der Waals surface area contributed by atoms with Crippen molar-refractivity contribution in [1.29, 1.82) is 0 Å². The molecule has 0 saturated heterocycles. The van der Waals surface area contributed by atoms with Crippen LogP contribution in [0.1, 0.15) is 16.2 Å². The van der Waals surface area contributed by atoms with E-state index in [9.17, 15) is 4.79 Å². The maximum Gasteiger partial charge on any atom is 0.288 e. The summed E-state index contributed by atoms with van der Waals surface area (Å²) in [6.45, 7) is 0.511. The summed E-state index contributed by atoms with van der Waals surface area (Å²) in [6, 6.07) is 7.58. The van der Waals surface area contributed by atoms with E-state index in [1.165, 1.54) is 6.33 Å². The van der Waals surface area contributed by atoms with Crippen molar-refractivity contribution in [3.8, 4) is 5.75 Å². The Labute approximate surface area is 98.0 Å². The molecule has 0 unspecified atom stereocenters. The second kappa shape index (κ2) is 4.65. The third-order valence-electron chi connectivity index (χ3n) is 2.24. The number of ether oxygens (including phenoxy) is 1. The fourth-order valence-corrected chi connectivity index (χ4v) is 1.44. The van der Waals surface area contributed by atoms with Crippen LogP contribution in [-0.4, -0.2) is 27.8 Å². The van der Waals surface area contributed by atoms with Gasteiger partial charge in [0.1, 0.15) is 12.1 Å². The first-order valence-electron chi connectivity index (χ1n) is 5.01. The number of carbonyl (C=O) groups is 1. The van der Waals surface area contributed by atoms with Gasteiger partial charge in [-0.15, -0.1) is 5.10 Å². The van der Waals surface area contributed by atoms with Gasteiger partial charge in [0.05, 0.1) is 13.7 Å². The molecule has 6 heteroatoms. The summed E-state index contributed by atoms with van der Waals surface area (Å²) >= 11 is 0. The van der Waals surface area contributed by atoms with Crippen molar-refractivity contribution in [2.24, 2.45) is 5.73 Å². The summed E-state index contributed by atoms with van der Waals surface area (Å²) in [5.41, 5.74) is 6.07. The van der Waals surface area contributed by atoms with Crippen molar-refractivity contribution in [3.05, 3.63) is 42.0 Å². The Morgan fingerprint density at radius 1 is 1.53 bits per heavy atom. The first-order valence-corrected chi connectivity index (χ1v) is 5.01. The minimum absolute atomic E-state index is 0.0212. The molecule has 0 saturated carbocycles. The molecule has 6 nitrogen and oxygen atoms in total. The number of hydrogen-bond donors (Lipinski definition) is 1. The largest absolute Gasteiger partial charge is 0.497 e. The van der Waals surface area contributed by atoms with Crippen molar-refractivity contribution in [1.82, 2.24) is 14.8 Å². The maximum absolute atomic E-state index is 10.8. The van der Waals surface area contributed by atoms with Crippen LogP contribution in [0.4, 0.5) is 0 Å². The highest BCUT2D eigenvalue weighted by atomic mass is 16.5. The molecular formula is C11H12N4O2. The van der Waals surface area contributed by atoms with E-state index < -0.39 is 5.91 Å². The quantitative estimate of drug-likeness (QED) is 0.828. The lowest BCUT2D eigenvalue weighted by atomic mass is 10.2. The first kappa shape index (κ1) is 11.1. The summed E-state index contributed by atoms with van der Waals surface area (Å²) in [4.78, 5) is 14.6. The highest BCUT2D eigenvalue weighted by molar-refractivity contribution is 5.88. The summed E-state index contributed by atoms with van der Waals surface area (Å²) in [5.74, 6) is 0.167. The van der Waals surface area contributed by atoms with Crippen LogP contribution in [0.15, 0.2) is 30.6 Å². The van der Waals surface area contributed by atoms with Crippen molar-refractivity contribution in [2.75, 3.05) is 7.11 Å². The molecule has 0 bridgehead atoms. The molecule has 1 heterocycles. The number of carbonyl (C=O) groups excluding carboxylic acids is 1. The standard InChI is InChI=1S/C11H12N4O2/c1-17-9-4-2-3-8(5-9)6-15-7-13-11(14-15)10(12)16/h2-5,7H,6H2,1H3,(H2,12,16). The molecule has 0 atom stereocenters. The minimum atomic E-state index is -0.630. The van der Waals surface area contributed by atoms with E-state index >= 15 is 0 Å². The molecular weight excluding hydrogens is 220 g/mol. The summed E-state index contributed by atoms with van der Waals surface area (Å²) in [7, 11) is 1.61. The number of benzene rings is 1. The smallest absolute Gasteiger partial charge is 0.288 e. The highest BCUT2D eigenvalue weighted by Crippen LogP contribution is 2.13. The number of aromatic nitrogens is 3. The summed E-state index contributed by atoms with van der Waals surface area (Å²) in [6.07, 6.45) is 1.47. The van der Waals surface area contributed by atoms with Crippen LogP contribution >= 0.6 is 0 Å². The molecule has 0 aliphatic carbocycles. The predicted octanol–water partition coefficient (Wildman–Crippen LogP) is 0.434. The predicted molar refractivity (Wildman–Crippen MR) is 60.6 cm³/mol. The zero-order chi connectivity index (χ0) is 12.3. The van der Waals surface area contributed by atoms with Gasteiger partial charge in [0, 0.05) is 0 Å². The number of rotatable bonds is 4. The zero-order valence-corrected chi connectivity index (χ0v) is 9.33. The van der Waals surface area contributed by atoms with Crippen LogP contribution in [0.25, 0.3) is 0 Å². The number of amides is 1. The molecule has 0 radical (unpaired) electrons. The second-order valence-corrected chi connectivity index (χ2v) is 3.48. The molecule has 1 aromatic carbocycles. The van der Waals surface area contributed by atoms with E-state index in [2.05, 4.69) is 10.1 Å². The molecule has 2 rings (SSSR count). The van der Waals surface area contributed by atoms with Crippen LogP contribution in [-0.2, 0) is 6.54 Å². The Hall–Kier alpha value is -2.37. The fourth-order valence-electron chi connectivity index (χ4n) is 1.44. The van der Waals surface area contributed by atoms with Gasteiger partial charge in [0.2, 0.25) is 5.82 Å². The van der Waals surface area contributed by atoms with Crippen LogP contribution in [0.2, 0.25) is 0 Å². The zero-order valence-electron chi connectivity index (χ0n) is 9.33. The summed E-state index contributed by atoms with van der Waals surface area (Å²) < 4.78 is 6.67. The Morgan fingerprint density at radius 3 is 3.00 bits per heavy atom. The Morgan fingerprint density at radius 2 is 2.35 bits per heavy atom. The molecule has 17 heavy (non-hydrogen) atoms. The van der Waals surface area contributed by atoms with Gasteiger partial charge in [-0.3, -0.25) is 4.79 Å². The van der Waals surface area contributed by atoms with Crippen LogP contribution < -0.4 is 10.5 Å². The average molecular weight is 232 g/mol. The molecule has 0 aliphatic heterocycles. The monoisotopic (exact) mass is 232 g/mol. The third-order valence-corrected chi connectivity index (χ3v) is 2.24. The van der Waals surface area contributed by atoms with Crippen LogP contribution in [0.5, 0.6) is 5.75 Å². The van der Waals surface area contributed by atoms with Crippen LogP contribution in [0.3, 0.4) is 0 Å². The number of nitrogens with two attached hydrogens (primary N) is 1. The van der Waals surface area contributed by atoms with E-state index in [0.717, 1.165) is 11.3 Å². The van der Waals surface area contributed by atoms with Gasteiger partial charge in [-0.05, 0) is 17.7 Å². The van der Waals surface area contributed by atoms with Crippen molar-refractivity contribution < 1.29 is 9.53 Å². The first-order chi connectivity index (χ1) is 8.19. The number of hydrogen-bond acceptors (Lipinski definition) is 4. The summed E-state index contributed by atoms with van der Waals surface area (Å²) in [5, 5.41) is 3.95. The molecule has 1 aromatic heterocycles. The molecule has 0 aliphatic rings. The SMILES string of the molecule is COc1cccc(Cn2cnc(C(N)=O)n2)c1. The average Bonchev–Trinajstić information content (AvgIpc) is 2.78. The van der Waals surface area contributed by atoms with Crippen LogP contribution in [0, 0.1) is 0 Å². The van der Waals surface area contributed by atoms with Crippen molar-refractivity contribution in [3.63, 3.8) is 0 Å². The number of methoxy groups -OCH3 is 1. The Balaban J connectivity index is 2.16. The van der Waals surface area contributed by atoms with E-state index in [0.29, 0.717) is 6.54 Å². The number of nitrogens with zero attached hydrogens (tertiary/aromatic N) is 3. The maximum atomic E-state index is 10.8. The molecule has 2 N–H and O–H groups in total. The Bertz CT molecular complexity index is 536. The fraction of sp³-hybridized carbons (Fsp3) is 0.182.